The maximum absolute atomic E-state index is 11.8. The number of carbonyl (C=O) groups excluding carboxylic acids is 1. The first-order valence-electron chi connectivity index (χ1n) is 5.35. The van der Waals surface area contributed by atoms with Gasteiger partial charge in [-0.15, -0.1) is 0 Å². The van der Waals surface area contributed by atoms with Gasteiger partial charge in [-0.25, -0.2) is 4.98 Å². The summed E-state index contributed by atoms with van der Waals surface area (Å²) >= 11 is 0. The molecule has 1 aliphatic heterocycles. The van der Waals surface area contributed by atoms with E-state index in [4.69, 9.17) is 10.5 Å². The number of imidazole rings is 1. The Kier molecular flexibility index (Phi) is 3.09. The normalized spacial score (nSPS) is 19.9. The molecule has 2 rings (SSSR count). The Morgan fingerprint density at radius 2 is 2.62 bits per heavy atom. The highest BCUT2D eigenvalue weighted by Gasteiger charge is 2.19. The number of anilines is 1. The van der Waals surface area contributed by atoms with E-state index in [2.05, 4.69) is 10.3 Å². The molecular weight excluding hydrogens is 208 g/mol. The van der Waals surface area contributed by atoms with Gasteiger partial charge in [0, 0.05) is 20.2 Å². The van der Waals surface area contributed by atoms with E-state index in [-0.39, 0.29) is 17.8 Å². The van der Waals surface area contributed by atoms with Crippen LogP contribution in [-0.2, 0) is 11.8 Å². The zero-order chi connectivity index (χ0) is 11.5. The van der Waals surface area contributed by atoms with E-state index in [0.29, 0.717) is 12.2 Å². The summed E-state index contributed by atoms with van der Waals surface area (Å²) in [5.41, 5.74) is 6.00. The molecule has 0 aliphatic carbocycles. The zero-order valence-electron chi connectivity index (χ0n) is 9.27. The lowest BCUT2D eigenvalue weighted by Crippen LogP contribution is -2.33. The maximum Gasteiger partial charge on any atom is 0.271 e. The molecule has 0 bridgehead atoms. The van der Waals surface area contributed by atoms with Gasteiger partial charge in [0.1, 0.15) is 0 Å². The second-order valence-corrected chi connectivity index (χ2v) is 3.93. The molecule has 0 spiro atoms. The van der Waals surface area contributed by atoms with Crippen LogP contribution >= 0.6 is 0 Å². The molecule has 16 heavy (non-hydrogen) atoms. The summed E-state index contributed by atoms with van der Waals surface area (Å²) in [7, 11) is 1.74. The van der Waals surface area contributed by atoms with Gasteiger partial charge in [0.25, 0.3) is 5.91 Å². The monoisotopic (exact) mass is 224 g/mol. The van der Waals surface area contributed by atoms with Crippen LogP contribution in [0.25, 0.3) is 0 Å². The Morgan fingerprint density at radius 3 is 3.19 bits per heavy atom. The van der Waals surface area contributed by atoms with Crippen LogP contribution in [0, 0.1) is 0 Å². The molecular formula is C10H16N4O2. The van der Waals surface area contributed by atoms with Crippen molar-refractivity contribution in [2.75, 3.05) is 18.9 Å². The van der Waals surface area contributed by atoms with E-state index in [1.165, 1.54) is 6.33 Å². The zero-order valence-corrected chi connectivity index (χ0v) is 9.27. The van der Waals surface area contributed by atoms with Crippen molar-refractivity contribution in [2.45, 2.75) is 18.9 Å². The van der Waals surface area contributed by atoms with Crippen molar-refractivity contribution in [2.24, 2.45) is 7.05 Å². The van der Waals surface area contributed by atoms with Gasteiger partial charge in [0.15, 0.2) is 11.5 Å². The lowest BCUT2D eigenvalue weighted by Gasteiger charge is -2.11. The minimum Gasteiger partial charge on any atom is -0.382 e. The van der Waals surface area contributed by atoms with Gasteiger partial charge in [0.05, 0.1) is 12.4 Å². The summed E-state index contributed by atoms with van der Waals surface area (Å²) < 4.78 is 7.02. The van der Waals surface area contributed by atoms with Gasteiger partial charge < -0.3 is 20.4 Å². The number of carbonyl (C=O) groups is 1. The van der Waals surface area contributed by atoms with Crippen LogP contribution in [-0.4, -0.2) is 34.7 Å². The van der Waals surface area contributed by atoms with Crippen molar-refractivity contribution >= 4 is 11.7 Å². The summed E-state index contributed by atoms with van der Waals surface area (Å²) in [6, 6.07) is 0. The third kappa shape index (κ3) is 2.16. The van der Waals surface area contributed by atoms with Crippen LogP contribution in [0.2, 0.25) is 0 Å². The minimum absolute atomic E-state index is 0.137. The number of aryl methyl sites for hydroxylation is 1. The predicted octanol–water partition coefficient (Wildman–Crippen LogP) is -0.0889. The summed E-state index contributed by atoms with van der Waals surface area (Å²) in [5.74, 6) is 0.0559. The van der Waals surface area contributed by atoms with E-state index in [1.807, 2.05) is 0 Å². The highest BCUT2D eigenvalue weighted by molar-refractivity contribution is 5.96. The van der Waals surface area contributed by atoms with Gasteiger partial charge in [-0.1, -0.05) is 0 Å². The SMILES string of the molecule is Cn1cnc(N)c1C(=O)NCC1CCCO1. The first kappa shape index (κ1) is 10.9. The van der Waals surface area contributed by atoms with Crippen LogP contribution in [0.4, 0.5) is 5.82 Å². The average molecular weight is 224 g/mol. The molecule has 0 radical (unpaired) electrons. The number of ether oxygens (including phenoxy) is 1. The summed E-state index contributed by atoms with van der Waals surface area (Å²) in [5, 5.41) is 2.80. The number of amides is 1. The number of hydrogen-bond donors (Lipinski definition) is 2. The van der Waals surface area contributed by atoms with Gasteiger partial charge in [-0.3, -0.25) is 4.79 Å². The van der Waals surface area contributed by atoms with Crippen molar-refractivity contribution in [3.8, 4) is 0 Å². The third-order valence-corrected chi connectivity index (χ3v) is 2.69. The topological polar surface area (TPSA) is 82.2 Å². The summed E-state index contributed by atoms with van der Waals surface area (Å²) in [6.07, 6.45) is 3.73. The minimum atomic E-state index is -0.201. The molecule has 1 aliphatic rings. The van der Waals surface area contributed by atoms with Crippen LogP contribution in [0.1, 0.15) is 23.3 Å². The number of hydrogen-bond acceptors (Lipinski definition) is 4. The summed E-state index contributed by atoms with van der Waals surface area (Å²) in [4.78, 5) is 15.7. The van der Waals surface area contributed by atoms with E-state index in [1.54, 1.807) is 11.6 Å². The first-order chi connectivity index (χ1) is 7.68. The van der Waals surface area contributed by atoms with E-state index in [9.17, 15) is 4.79 Å². The molecule has 1 aromatic heterocycles. The van der Waals surface area contributed by atoms with Crippen LogP contribution in [0.5, 0.6) is 0 Å². The molecule has 1 saturated heterocycles. The molecule has 3 N–H and O–H groups in total. The van der Waals surface area contributed by atoms with Gasteiger partial charge >= 0.3 is 0 Å². The van der Waals surface area contributed by atoms with Crippen LogP contribution < -0.4 is 11.1 Å². The lowest BCUT2D eigenvalue weighted by molar-refractivity contribution is 0.0852. The van der Waals surface area contributed by atoms with Crippen molar-refractivity contribution in [1.29, 1.82) is 0 Å². The highest BCUT2D eigenvalue weighted by atomic mass is 16.5. The van der Waals surface area contributed by atoms with Gasteiger partial charge in [-0.2, -0.15) is 0 Å². The van der Waals surface area contributed by atoms with E-state index >= 15 is 0 Å². The molecule has 1 amide bonds. The highest BCUT2D eigenvalue weighted by Crippen LogP contribution is 2.12. The Bertz CT molecular complexity index is 363. The molecule has 0 aromatic carbocycles. The maximum atomic E-state index is 11.8. The Balaban J connectivity index is 1.92. The van der Waals surface area contributed by atoms with Gasteiger partial charge in [0.2, 0.25) is 0 Å². The lowest BCUT2D eigenvalue weighted by atomic mass is 10.2. The fourth-order valence-electron chi connectivity index (χ4n) is 1.82. The number of aromatic nitrogens is 2. The molecule has 88 valence electrons. The van der Waals surface area contributed by atoms with Crippen molar-refractivity contribution in [1.82, 2.24) is 14.9 Å². The predicted molar refractivity (Wildman–Crippen MR) is 58.9 cm³/mol. The molecule has 1 aromatic rings. The Hall–Kier alpha value is -1.56. The quantitative estimate of drug-likeness (QED) is 0.751. The number of nitrogens with zero attached hydrogens (tertiary/aromatic N) is 2. The number of nitrogens with one attached hydrogen (secondary N) is 1. The third-order valence-electron chi connectivity index (χ3n) is 2.69. The molecule has 0 saturated carbocycles. The van der Waals surface area contributed by atoms with E-state index in [0.717, 1.165) is 19.4 Å². The second kappa shape index (κ2) is 4.52. The standard InChI is InChI=1S/C10H16N4O2/c1-14-6-13-9(11)8(14)10(15)12-5-7-3-2-4-16-7/h6-7H,2-5,11H2,1H3,(H,12,15). The second-order valence-electron chi connectivity index (χ2n) is 3.93. The van der Waals surface area contributed by atoms with Crippen LogP contribution in [0.15, 0.2) is 6.33 Å². The number of nitrogen functional groups attached to an aromatic ring is 1. The molecule has 1 atom stereocenters. The van der Waals surface area contributed by atoms with Crippen molar-refractivity contribution in [3.63, 3.8) is 0 Å². The first-order valence-corrected chi connectivity index (χ1v) is 5.35. The van der Waals surface area contributed by atoms with Crippen LogP contribution in [0.3, 0.4) is 0 Å². The molecule has 1 fully saturated rings. The molecule has 6 heteroatoms. The fourth-order valence-corrected chi connectivity index (χ4v) is 1.82. The van der Waals surface area contributed by atoms with Crippen molar-refractivity contribution in [3.05, 3.63) is 12.0 Å². The smallest absolute Gasteiger partial charge is 0.271 e. The Labute approximate surface area is 93.8 Å². The molecule has 1 unspecified atom stereocenters. The number of rotatable bonds is 3. The molecule has 2 heterocycles. The molecule has 6 nitrogen and oxygen atoms in total. The van der Waals surface area contributed by atoms with Crippen molar-refractivity contribution < 1.29 is 9.53 Å². The summed E-state index contributed by atoms with van der Waals surface area (Å²) in [6.45, 7) is 1.32. The van der Waals surface area contributed by atoms with E-state index < -0.39 is 0 Å². The largest absolute Gasteiger partial charge is 0.382 e. The fraction of sp³-hybridized carbons (Fsp3) is 0.600. The Morgan fingerprint density at radius 1 is 1.81 bits per heavy atom. The average Bonchev–Trinajstić information content (AvgIpc) is 2.86. The van der Waals surface area contributed by atoms with Gasteiger partial charge in [-0.05, 0) is 12.8 Å². The number of nitrogens with two attached hydrogens (primary N) is 1.